The highest BCUT2D eigenvalue weighted by molar-refractivity contribution is 7.11. The third kappa shape index (κ3) is 6.36. The Morgan fingerprint density at radius 1 is 1.33 bits per heavy atom. The fourth-order valence-electron chi connectivity index (χ4n) is 5.31. The second-order valence-corrected chi connectivity index (χ2v) is 11.6. The molecule has 3 atom stereocenters. The summed E-state index contributed by atoms with van der Waals surface area (Å²) in [6, 6.07) is 2.97. The maximum absolute atomic E-state index is 14.6. The van der Waals surface area contributed by atoms with E-state index in [9.17, 15) is 19.1 Å². The van der Waals surface area contributed by atoms with Crippen LogP contribution in [0.15, 0.2) is 46.0 Å². The van der Waals surface area contributed by atoms with Crippen LogP contribution >= 0.6 is 22.9 Å². The Hall–Kier alpha value is -2.94. The highest BCUT2D eigenvalue weighted by Gasteiger charge is 2.41. The monoisotopic (exact) mass is 620 g/mol. The Morgan fingerprint density at radius 2 is 2.12 bits per heavy atom. The molecule has 3 aliphatic rings. The predicted molar refractivity (Wildman–Crippen MR) is 155 cm³/mol. The molecule has 0 amide bonds. The first kappa shape index (κ1) is 30.5. The first-order chi connectivity index (χ1) is 20.2. The first-order valence-corrected chi connectivity index (χ1v) is 15.0. The molecule has 14 heteroatoms. The quantitative estimate of drug-likeness (QED) is 0.303. The number of carbonyl (C=O) groups is 2. The minimum absolute atomic E-state index is 0.109. The summed E-state index contributed by atoms with van der Waals surface area (Å²) in [5.41, 5.74) is 0.884. The topological polar surface area (TPSA) is 120 Å². The zero-order valence-corrected chi connectivity index (χ0v) is 25.2. The summed E-state index contributed by atoms with van der Waals surface area (Å²) in [5, 5.41) is 16.5. The number of methoxy groups -OCH3 is 1. The van der Waals surface area contributed by atoms with E-state index in [0.717, 1.165) is 12.8 Å². The lowest BCUT2D eigenvalue weighted by molar-refractivity contribution is -0.159. The van der Waals surface area contributed by atoms with Gasteiger partial charge in [0.2, 0.25) is 0 Å². The van der Waals surface area contributed by atoms with Crippen molar-refractivity contribution in [2.24, 2.45) is 4.99 Å². The van der Waals surface area contributed by atoms with Crippen molar-refractivity contribution < 1.29 is 28.6 Å². The van der Waals surface area contributed by atoms with Crippen LogP contribution in [-0.2, 0) is 19.1 Å². The number of nitrogens with one attached hydrogen (secondary N) is 1. The number of rotatable bonds is 10. The molecule has 1 saturated heterocycles. The van der Waals surface area contributed by atoms with E-state index in [1.165, 1.54) is 30.6 Å². The van der Waals surface area contributed by atoms with Crippen LogP contribution in [0.2, 0.25) is 5.02 Å². The number of piperazine rings is 1. The van der Waals surface area contributed by atoms with E-state index in [4.69, 9.17) is 26.1 Å². The average molecular weight is 621 g/mol. The Balaban J connectivity index is 1.52. The molecule has 1 aliphatic carbocycles. The van der Waals surface area contributed by atoms with Crippen LogP contribution < -0.4 is 5.32 Å². The lowest BCUT2D eigenvalue weighted by atomic mass is 9.94. The van der Waals surface area contributed by atoms with Crippen molar-refractivity contribution in [3.8, 4) is 0 Å². The zero-order valence-electron chi connectivity index (χ0n) is 23.6. The lowest BCUT2D eigenvalue weighted by Crippen LogP contribution is -2.62. The van der Waals surface area contributed by atoms with Crippen molar-refractivity contribution in [1.29, 1.82) is 0 Å². The summed E-state index contributed by atoms with van der Waals surface area (Å²) in [6.07, 6.45) is 2.86. The molecule has 0 spiro atoms. The molecule has 0 bridgehead atoms. The summed E-state index contributed by atoms with van der Waals surface area (Å²) >= 11 is 7.76. The summed E-state index contributed by atoms with van der Waals surface area (Å²) < 4.78 is 25.2. The summed E-state index contributed by atoms with van der Waals surface area (Å²) in [5.74, 6) is -1.36. The van der Waals surface area contributed by atoms with Crippen molar-refractivity contribution >= 4 is 40.7 Å². The Kier molecular flexibility index (Phi) is 9.55. The van der Waals surface area contributed by atoms with Crippen molar-refractivity contribution in [3.63, 3.8) is 0 Å². The third-order valence-electron chi connectivity index (χ3n) is 7.70. The maximum Gasteiger partial charge on any atom is 0.338 e. The van der Waals surface area contributed by atoms with Gasteiger partial charge >= 0.3 is 11.9 Å². The number of amidine groups is 1. The number of esters is 2. The second kappa shape index (κ2) is 13.1. The van der Waals surface area contributed by atoms with Crippen molar-refractivity contribution in [2.75, 3.05) is 46.9 Å². The lowest BCUT2D eigenvalue weighted by Gasteiger charge is -2.44. The van der Waals surface area contributed by atoms with Crippen LogP contribution in [0, 0.1) is 5.82 Å². The molecule has 1 aromatic carbocycles. The molecule has 2 N–H and O–H groups in total. The SMILES string of the molecule is CCOC(=O)C1=C(CN2CCN(C(O)N(C)C3CC3)CC2C(=O)OC)NC(c2nccs2)=NC1c1cccc(F)c1Cl. The molecular weight excluding hydrogens is 587 g/mol. The van der Waals surface area contributed by atoms with Gasteiger partial charge in [-0.1, -0.05) is 23.7 Å². The van der Waals surface area contributed by atoms with E-state index >= 15 is 0 Å². The van der Waals surface area contributed by atoms with Crippen LogP contribution in [0.5, 0.6) is 0 Å². The van der Waals surface area contributed by atoms with E-state index in [-0.39, 0.29) is 30.3 Å². The van der Waals surface area contributed by atoms with E-state index in [1.807, 2.05) is 21.7 Å². The van der Waals surface area contributed by atoms with Crippen molar-refractivity contribution in [1.82, 2.24) is 25.0 Å². The van der Waals surface area contributed by atoms with Gasteiger partial charge in [-0.2, -0.15) is 0 Å². The minimum atomic E-state index is -0.991. The van der Waals surface area contributed by atoms with Crippen LogP contribution in [0.4, 0.5) is 4.39 Å². The molecule has 5 rings (SSSR count). The number of aliphatic imine (C=N–C) groups is 1. The van der Waals surface area contributed by atoms with Crippen LogP contribution in [0.25, 0.3) is 0 Å². The minimum Gasteiger partial charge on any atom is -0.468 e. The highest BCUT2D eigenvalue weighted by atomic mass is 35.5. The molecular formula is C28H34ClFN6O5S. The van der Waals surface area contributed by atoms with Crippen LogP contribution in [-0.4, -0.2) is 108 Å². The predicted octanol–water partition coefficient (Wildman–Crippen LogP) is 2.37. The number of benzene rings is 1. The Morgan fingerprint density at radius 3 is 2.79 bits per heavy atom. The molecule has 3 heterocycles. The fourth-order valence-corrected chi connectivity index (χ4v) is 6.12. The summed E-state index contributed by atoms with van der Waals surface area (Å²) in [4.78, 5) is 41.3. The van der Waals surface area contributed by atoms with Crippen LogP contribution in [0.3, 0.4) is 0 Å². The molecule has 42 heavy (non-hydrogen) atoms. The summed E-state index contributed by atoms with van der Waals surface area (Å²) in [6.45, 7) is 3.01. The van der Waals surface area contributed by atoms with Gasteiger partial charge in [-0.05, 0) is 32.9 Å². The standard InChI is InChI=1S/C28H34ClFN6O5S/c1-4-41-27(38)21-19(14-35-11-12-36(15-20(35)26(37)40-3)28(39)34(2)16-8-9-16)32-24(25-31-10-13-42-25)33-23(21)17-6-5-7-18(30)22(17)29/h5-7,10,13,16,20,23,28,39H,4,8-9,11-12,14-15H2,1-3H3,(H,32,33). The highest BCUT2D eigenvalue weighted by Crippen LogP contribution is 2.38. The molecule has 3 unspecified atom stereocenters. The molecule has 11 nitrogen and oxygen atoms in total. The first-order valence-electron chi connectivity index (χ1n) is 13.8. The molecule has 1 aromatic heterocycles. The normalized spacial score (nSPS) is 22.5. The smallest absolute Gasteiger partial charge is 0.338 e. The zero-order chi connectivity index (χ0) is 30.0. The number of halogens is 2. The van der Waals surface area contributed by atoms with E-state index in [0.29, 0.717) is 41.2 Å². The number of hydrogen-bond donors (Lipinski definition) is 2. The largest absolute Gasteiger partial charge is 0.468 e. The molecule has 2 aromatic rings. The second-order valence-electron chi connectivity index (χ2n) is 10.3. The van der Waals surface area contributed by atoms with Gasteiger partial charge < -0.3 is 19.9 Å². The number of aliphatic hydroxyl groups excluding tert-OH is 1. The third-order valence-corrected chi connectivity index (χ3v) is 8.88. The van der Waals surface area contributed by atoms with E-state index < -0.39 is 36.2 Å². The van der Waals surface area contributed by atoms with Crippen LogP contribution in [0.1, 0.15) is 36.4 Å². The van der Waals surface area contributed by atoms with Crippen molar-refractivity contribution in [3.05, 3.63) is 62.5 Å². The number of ether oxygens (including phenoxy) is 2. The molecule has 2 fully saturated rings. The molecule has 226 valence electrons. The number of thiazole rings is 1. The number of nitrogens with zero attached hydrogens (tertiary/aromatic N) is 5. The molecule has 0 radical (unpaired) electrons. The average Bonchev–Trinajstić information content (AvgIpc) is 3.70. The van der Waals surface area contributed by atoms with E-state index in [1.54, 1.807) is 24.6 Å². The van der Waals surface area contributed by atoms with Gasteiger partial charge in [0.1, 0.15) is 17.9 Å². The van der Waals surface area contributed by atoms with Gasteiger partial charge in [0, 0.05) is 55.1 Å². The van der Waals surface area contributed by atoms with Gasteiger partial charge in [0.15, 0.2) is 17.2 Å². The number of hydrogen-bond acceptors (Lipinski definition) is 12. The van der Waals surface area contributed by atoms with E-state index in [2.05, 4.69) is 10.3 Å². The fraction of sp³-hybridized carbons (Fsp3) is 0.500. The Labute approximate surface area is 252 Å². The van der Waals surface area contributed by atoms with Gasteiger partial charge in [0.05, 0.1) is 24.3 Å². The number of aliphatic hydroxyl groups is 1. The number of carbonyl (C=O) groups excluding carboxylic acids is 2. The van der Waals surface area contributed by atoms with Gasteiger partial charge in [-0.3, -0.25) is 24.5 Å². The molecule has 1 saturated carbocycles. The molecule has 2 aliphatic heterocycles. The van der Waals surface area contributed by atoms with Crippen molar-refractivity contribution in [2.45, 2.75) is 44.2 Å². The summed E-state index contributed by atoms with van der Waals surface area (Å²) in [7, 11) is 3.20. The van der Waals surface area contributed by atoms with Gasteiger partial charge in [0.25, 0.3) is 0 Å². The Bertz CT molecular complexity index is 1370. The van der Waals surface area contributed by atoms with Gasteiger partial charge in [-0.15, -0.1) is 11.3 Å². The maximum atomic E-state index is 14.6. The number of aromatic nitrogens is 1. The van der Waals surface area contributed by atoms with Gasteiger partial charge in [-0.25, -0.2) is 14.2 Å².